The summed E-state index contributed by atoms with van der Waals surface area (Å²) in [7, 11) is 1.68. The molecule has 4 nitrogen and oxygen atoms in total. The van der Waals surface area contributed by atoms with Crippen LogP contribution in [0.4, 0.5) is 5.69 Å². The molecule has 2 aromatic carbocycles. The van der Waals surface area contributed by atoms with E-state index in [1.165, 1.54) is 11.3 Å². The van der Waals surface area contributed by atoms with Gasteiger partial charge in [0.15, 0.2) is 11.5 Å². The van der Waals surface area contributed by atoms with Gasteiger partial charge < -0.3 is 20.1 Å². The minimum absolute atomic E-state index is 0.135. The molecule has 4 heteroatoms. The lowest BCUT2D eigenvalue weighted by atomic mass is 9.97. The Morgan fingerprint density at radius 3 is 2.75 bits per heavy atom. The van der Waals surface area contributed by atoms with Crippen LogP contribution in [0, 0.1) is 0 Å². The summed E-state index contributed by atoms with van der Waals surface area (Å²) in [6.07, 6.45) is 2.29. The molecule has 0 aromatic heterocycles. The van der Waals surface area contributed by atoms with Crippen molar-refractivity contribution in [3.8, 4) is 11.5 Å². The van der Waals surface area contributed by atoms with Gasteiger partial charge in [-0.05, 0) is 49.1 Å². The lowest BCUT2D eigenvalue weighted by Gasteiger charge is -2.38. The molecule has 0 spiro atoms. The van der Waals surface area contributed by atoms with Crippen molar-refractivity contribution in [2.75, 3.05) is 31.7 Å². The molecule has 1 atom stereocenters. The first kappa shape index (κ1) is 16.7. The van der Waals surface area contributed by atoms with Crippen molar-refractivity contribution in [2.45, 2.75) is 25.8 Å². The third-order valence-electron chi connectivity index (χ3n) is 4.62. The average molecular weight is 326 g/mol. The highest BCUT2D eigenvalue weighted by Crippen LogP contribution is 2.36. The number of aryl methyl sites for hydroxylation is 1. The Labute approximate surface area is 144 Å². The topological polar surface area (TPSA) is 47.7 Å². The number of anilines is 1. The number of ether oxygens (including phenoxy) is 2. The normalized spacial score (nSPS) is 14.9. The van der Waals surface area contributed by atoms with Gasteiger partial charge in [0.25, 0.3) is 0 Å². The van der Waals surface area contributed by atoms with Gasteiger partial charge in [0.05, 0.1) is 19.8 Å². The van der Waals surface area contributed by atoms with Gasteiger partial charge in [0.1, 0.15) is 0 Å². The van der Waals surface area contributed by atoms with Crippen molar-refractivity contribution < 1.29 is 9.47 Å². The molecule has 3 rings (SSSR count). The monoisotopic (exact) mass is 326 g/mol. The van der Waals surface area contributed by atoms with Gasteiger partial charge in [0.2, 0.25) is 0 Å². The number of fused-ring (bicyclic) bond motifs is 1. The zero-order valence-corrected chi connectivity index (χ0v) is 14.5. The van der Waals surface area contributed by atoms with E-state index >= 15 is 0 Å². The second-order valence-electron chi connectivity index (χ2n) is 6.02. The SMILES string of the molecule is CCOc1ccc(C(CN)N2CCCc3ccccc32)cc1OC. The summed E-state index contributed by atoms with van der Waals surface area (Å²) in [5.74, 6) is 1.54. The fraction of sp³-hybridized carbons (Fsp3) is 0.400. The zero-order chi connectivity index (χ0) is 16.9. The van der Waals surface area contributed by atoms with Gasteiger partial charge in [-0.2, -0.15) is 0 Å². The Morgan fingerprint density at radius 2 is 2.00 bits per heavy atom. The van der Waals surface area contributed by atoms with E-state index in [0.29, 0.717) is 13.2 Å². The summed E-state index contributed by atoms with van der Waals surface area (Å²) in [6.45, 7) is 4.18. The van der Waals surface area contributed by atoms with Crippen LogP contribution in [0.3, 0.4) is 0 Å². The van der Waals surface area contributed by atoms with E-state index in [0.717, 1.165) is 36.4 Å². The van der Waals surface area contributed by atoms with Crippen molar-refractivity contribution >= 4 is 5.69 Å². The molecule has 1 heterocycles. The third kappa shape index (κ3) is 3.20. The lowest BCUT2D eigenvalue weighted by Crippen LogP contribution is -2.37. The fourth-order valence-electron chi connectivity index (χ4n) is 3.50. The van der Waals surface area contributed by atoms with Crippen molar-refractivity contribution in [1.82, 2.24) is 0 Å². The van der Waals surface area contributed by atoms with Gasteiger partial charge in [-0.3, -0.25) is 0 Å². The van der Waals surface area contributed by atoms with E-state index in [9.17, 15) is 0 Å². The summed E-state index contributed by atoms with van der Waals surface area (Å²) in [4.78, 5) is 2.42. The molecule has 2 N–H and O–H groups in total. The van der Waals surface area contributed by atoms with Crippen LogP contribution < -0.4 is 20.1 Å². The minimum atomic E-state index is 0.135. The first-order valence-corrected chi connectivity index (χ1v) is 8.63. The van der Waals surface area contributed by atoms with Crippen molar-refractivity contribution in [3.63, 3.8) is 0 Å². The Balaban J connectivity index is 1.95. The molecular formula is C20H26N2O2. The summed E-state index contributed by atoms with van der Waals surface area (Å²) in [6, 6.07) is 14.9. The Bertz CT molecular complexity index is 687. The van der Waals surface area contributed by atoms with Gasteiger partial charge >= 0.3 is 0 Å². The predicted octanol–water partition coefficient (Wildman–Crippen LogP) is 3.55. The molecule has 0 saturated carbocycles. The standard InChI is InChI=1S/C20H26N2O2/c1-3-24-19-11-10-16(13-20(19)23-2)18(14-21)22-12-6-8-15-7-4-5-9-17(15)22/h4-5,7,9-11,13,18H,3,6,8,12,14,21H2,1-2H3. The van der Waals surface area contributed by atoms with E-state index in [2.05, 4.69) is 41.3 Å². The molecule has 128 valence electrons. The van der Waals surface area contributed by atoms with Crippen LogP contribution in [-0.4, -0.2) is 26.8 Å². The zero-order valence-electron chi connectivity index (χ0n) is 14.5. The number of nitrogens with two attached hydrogens (primary N) is 1. The molecule has 0 aliphatic carbocycles. The average Bonchev–Trinajstić information content (AvgIpc) is 2.63. The second-order valence-corrected chi connectivity index (χ2v) is 6.02. The fourth-order valence-corrected chi connectivity index (χ4v) is 3.50. The number of benzene rings is 2. The molecule has 1 aliphatic rings. The van der Waals surface area contributed by atoms with Gasteiger partial charge in [-0.1, -0.05) is 24.3 Å². The number of hydrogen-bond acceptors (Lipinski definition) is 4. The number of para-hydroxylation sites is 1. The quantitative estimate of drug-likeness (QED) is 0.882. The summed E-state index contributed by atoms with van der Waals surface area (Å²) >= 11 is 0. The van der Waals surface area contributed by atoms with Crippen molar-refractivity contribution in [2.24, 2.45) is 5.73 Å². The largest absolute Gasteiger partial charge is 0.493 e. The molecular weight excluding hydrogens is 300 g/mol. The number of hydrogen-bond donors (Lipinski definition) is 1. The van der Waals surface area contributed by atoms with Crippen LogP contribution in [0.15, 0.2) is 42.5 Å². The third-order valence-corrected chi connectivity index (χ3v) is 4.62. The van der Waals surface area contributed by atoms with Gasteiger partial charge in [-0.25, -0.2) is 0 Å². The van der Waals surface area contributed by atoms with Crippen LogP contribution in [0.1, 0.15) is 30.5 Å². The maximum absolute atomic E-state index is 6.17. The second kappa shape index (κ2) is 7.58. The maximum atomic E-state index is 6.17. The molecule has 2 aromatic rings. The van der Waals surface area contributed by atoms with E-state index in [-0.39, 0.29) is 6.04 Å². The van der Waals surface area contributed by atoms with Crippen molar-refractivity contribution in [3.05, 3.63) is 53.6 Å². The van der Waals surface area contributed by atoms with E-state index < -0.39 is 0 Å². The Kier molecular flexibility index (Phi) is 5.26. The Hall–Kier alpha value is -2.20. The van der Waals surface area contributed by atoms with Gasteiger partial charge in [0, 0.05) is 18.8 Å². The van der Waals surface area contributed by atoms with Crippen LogP contribution in [0.2, 0.25) is 0 Å². The van der Waals surface area contributed by atoms with E-state index in [1.54, 1.807) is 7.11 Å². The van der Waals surface area contributed by atoms with Crippen LogP contribution in [0.5, 0.6) is 11.5 Å². The predicted molar refractivity (Wildman–Crippen MR) is 98.1 cm³/mol. The smallest absolute Gasteiger partial charge is 0.161 e. The minimum Gasteiger partial charge on any atom is -0.493 e. The molecule has 24 heavy (non-hydrogen) atoms. The molecule has 1 unspecified atom stereocenters. The van der Waals surface area contributed by atoms with Crippen molar-refractivity contribution in [1.29, 1.82) is 0 Å². The van der Waals surface area contributed by atoms with Crippen LogP contribution in [-0.2, 0) is 6.42 Å². The maximum Gasteiger partial charge on any atom is 0.161 e. The van der Waals surface area contributed by atoms with Gasteiger partial charge in [-0.15, -0.1) is 0 Å². The first-order valence-electron chi connectivity index (χ1n) is 8.63. The molecule has 0 amide bonds. The number of methoxy groups -OCH3 is 1. The van der Waals surface area contributed by atoms with Crippen LogP contribution in [0.25, 0.3) is 0 Å². The summed E-state index contributed by atoms with van der Waals surface area (Å²) in [5, 5.41) is 0. The highest BCUT2D eigenvalue weighted by Gasteiger charge is 2.25. The molecule has 1 aliphatic heterocycles. The molecule has 0 radical (unpaired) electrons. The lowest BCUT2D eigenvalue weighted by molar-refractivity contribution is 0.310. The highest BCUT2D eigenvalue weighted by atomic mass is 16.5. The number of rotatable bonds is 6. The molecule has 0 saturated heterocycles. The number of nitrogens with zero attached hydrogens (tertiary/aromatic N) is 1. The van der Waals surface area contributed by atoms with Crippen LogP contribution >= 0.6 is 0 Å². The first-order chi connectivity index (χ1) is 11.8. The van der Waals surface area contributed by atoms with E-state index in [4.69, 9.17) is 15.2 Å². The Morgan fingerprint density at radius 1 is 1.17 bits per heavy atom. The molecule has 0 fully saturated rings. The molecule has 0 bridgehead atoms. The van der Waals surface area contributed by atoms with E-state index in [1.807, 2.05) is 13.0 Å². The summed E-state index contributed by atoms with van der Waals surface area (Å²) < 4.78 is 11.1. The summed E-state index contributed by atoms with van der Waals surface area (Å²) in [5.41, 5.74) is 10.0. The highest BCUT2D eigenvalue weighted by molar-refractivity contribution is 5.58.